The quantitative estimate of drug-likeness (QED) is 0.792. The summed E-state index contributed by atoms with van der Waals surface area (Å²) in [5.41, 5.74) is 1.42. The molecule has 1 aliphatic rings. The maximum atomic E-state index is 12.2. The molecule has 0 radical (unpaired) electrons. The summed E-state index contributed by atoms with van der Waals surface area (Å²) in [4.78, 5) is 37.8. The number of hydrogen-bond donors (Lipinski definition) is 2. The Morgan fingerprint density at radius 3 is 2.70 bits per heavy atom. The van der Waals surface area contributed by atoms with Crippen molar-refractivity contribution < 1.29 is 18.8 Å². The van der Waals surface area contributed by atoms with Crippen molar-refractivity contribution in [3.05, 3.63) is 53.5 Å². The van der Waals surface area contributed by atoms with E-state index in [1.54, 1.807) is 42.2 Å². The van der Waals surface area contributed by atoms with E-state index in [0.717, 1.165) is 24.3 Å². The molecule has 0 saturated carbocycles. The first-order valence-electron chi connectivity index (χ1n) is 8.97. The predicted molar refractivity (Wildman–Crippen MR) is 99.7 cm³/mol. The Labute approximate surface area is 157 Å². The Bertz CT molecular complexity index is 858. The minimum atomic E-state index is -0.750. The van der Waals surface area contributed by atoms with Gasteiger partial charge >= 0.3 is 11.8 Å². The van der Waals surface area contributed by atoms with Gasteiger partial charge in [-0.15, -0.1) is 0 Å². The van der Waals surface area contributed by atoms with E-state index in [9.17, 15) is 14.4 Å². The van der Waals surface area contributed by atoms with E-state index in [0.29, 0.717) is 24.4 Å². The van der Waals surface area contributed by atoms with Crippen LogP contribution >= 0.6 is 0 Å². The molecule has 2 aromatic rings. The monoisotopic (exact) mass is 369 g/mol. The number of likely N-dealkylation sites (tertiary alicyclic amines) is 1. The number of furan rings is 1. The summed E-state index contributed by atoms with van der Waals surface area (Å²) in [6, 6.07) is 10.3. The third-order valence-corrected chi connectivity index (χ3v) is 4.47. The Kier molecular flexibility index (Phi) is 5.59. The highest BCUT2D eigenvalue weighted by molar-refractivity contribution is 6.39. The highest BCUT2D eigenvalue weighted by Crippen LogP contribution is 2.18. The lowest BCUT2D eigenvalue weighted by molar-refractivity contribution is -0.136. The number of carbonyl (C=O) groups is 3. The van der Waals surface area contributed by atoms with Crippen LogP contribution in [0.25, 0.3) is 0 Å². The van der Waals surface area contributed by atoms with Gasteiger partial charge < -0.3 is 20.0 Å². The number of benzene rings is 1. The molecule has 1 fully saturated rings. The molecule has 7 nitrogen and oxygen atoms in total. The van der Waals surface area contributed by atoms with Gasteiger partial charge in [0, 0.05) is 25.2 Å². The van der Waals surface area contributed by atoms with Crippen LogP contribution in [0, 0.1) is 6.92 Å². The fraction of sp³-hybridized carbons (Fsp3) is 0.350. The van der Waals surface area contributed by atoms with Gasteiger partial charge in [0.15, 0.2) is 0 Å². The van der Waals surface area contributed by atoms with Crippen LogP contribution in [0.4, 0.5) is 5.69 Å². The number of amides is 3. The molecule has 1 atom stereocenters. The van der Waals surface area contributed by atoms with Crippen molar-refractivity contribution in [2.75, 3.05) is 11.9 Å². The molecular weight excluding hydrogens is 346 g/mol. The largest absolute Gasteiger partial charge is 0.464 e. The number of carbonyl (C=O) groups excluding carboxylic acids is 3. The van der Waals surface area contributed by atoms with Crippen molar-refractivity contribution in [2.24, 2.45) is 0 Å². The van der Waals surface area contributed by atoms with Crippen molar-refractivity contribution in [3.8, 4) is 0 Å². The molecule has 0 aliphatic carbocycles. The van der Waals surface area contributed by atoms with Crippen LogP contribution < -0.4 is 10.6 Å². The Morgan fingerprint density at radius 2 is 2.04 bits per heavy atom. The molecule has 3 amide bonds. The molecule has 27 heavy (non-hydrogen) atoms. The third-order valence-electron chi connectivity index (χ3n) is 4.47. The normalized spacial score (nSPS) is 14.9. The van der Waals surface area contributed by atoms with Gasteiger partial charge in [-0.05, 0) is 50.1 Å². The van der Waals surface area contributed by atoms with Crippen LogP contribution in [0.2, 0.25) is 0 Å². The maximum absolute atomic E-state index is 12.2. The predicted octanol–water partition coefficient (Wildman–Crippen LogP) is 2.53. The van der Waals surface area contributed by atoms with E-state index in [1.807, 2.05) is 13.0 Å². The lowest BCUT2D eigenvalue weighted by Gasteiger charge is -2.16. The molecule has 142 valence electrons. The number of rotatable bonds is 5. The second-order valence-electron chi connectivity index (χ2n) is 6.72. The first-order chi connectivity index (χ1) is 12.9. The number of hydrogen-bond acceptors (Lipinski definition) is 4. The van der Waals surface area contributed by atoms with Crippen molar-refractivity contribution in [1.29, 1.82) is 0 Å². The van der Waals surface area contributed by atoms with Gasteiger partial charge in [0.25, 0.3) is 0 Å². The summed E-state index contributed by atoms with van der Waals surface area (Å²) in [5.74, 6) is -0.0167. The SMILES string of the molecule is Cc1ccc([C@H](C)NC(=O)C(=O)Nc2cccc(CN3CCCC3=O)c2)o1. The second-order valence-corrected chi connectivity index (χ2v) is 6.72. The molecule has 1 aromatic heterocycles. The molecular formula is C20H23N3O4. The number of anilines is 1. The van der Waals surface area contributed by atoms with E-state index in [2.05, 4.69) is 10.6 Å². The molecule has 1 aliphatic heterocycles. The highest BCUT2D eigenvalue weighted by Gasteiger charge is 2.21. The maximum Gasteiger partial charge on any atom is 0.313 e. The van der Waals surface area contributed by atoms with Crippen molar-refractivity contribution in [3.63, 3.8) is 0 Å². The third kappa shape index (κ3) is 4.75. The van der Waals surface area contributed by atoms with E-state index >= 15 is 0 Å². The Hall–Kier alpha value is -3.09. The van der Waals surface area contributed by atoms with Gasteiger partial charge in [-0.3, -0.25) is 14.4 Å². The van der Waals surface area contributed by atoms with Crippen molar-refractivity contribution in [1.82, 2.24) is 10.2 Å². The summed E-state index contributed by atoms with van der Waals surface area (Å²) >= 11 is 0. The molecule has 2 heterocycles. The van der Waals surface area contributed by atoms with E-state index < -0.39 is 17.9 Å². The summed E-state index contributed by atoms with van der Waals surface area (Å²) in [6.07, 6.45) is 1.47. The van der Waals surface area contributed by atoms with Crippen LogP contribution in [-0.2, 0) is 20.9 Å². The first kappa shape index (κ1) is 18.7. The Balaban J connectivity index is 1.57. The second kappa shape index (κ2) is 8.07. The molecule has 0 bridgehead atoms. The van der Waals surface area contributed by atoms with Crippen LogP contribution in [0.1, 0.15) is 42.9 Å². The summed E-state index contributed by atoms with van der Waals surface area (Å²) in [7, 11) is 0. The van der Waals surface area contributed by atoms with Gasteiger partial charge in [-0.1, -0.05) is 12.1 Å². The summed E-state index contributed by atoms with van der Waals surface area (Å²) in [6.45, 7) is 4.82. The average Bonchev–Trinajstić information content (AvgIpc) is 3.24. The molecule has 7 heteroatoms. The van der Waals surface area contributed by atoms with Gasteiger partial charge in [-0.25, -0.2) is 0 Å². The molecule has 0 unspecified atom stereocenters. The van der Waals surface area contributed by atoms with E-state index in [1.165, 1.54) is 0 Å². The molecule has 1 saturated heterocycles. The topological polar surface area (TPSA) is 91.7 Å². The zero-order valence-electron chi connectivity index (χ0n) is 15.5. The molecule has 2 N–H and O–H groups in total. The first-order valence-corrected chi connectivity index (χ1v) is 8.97. The summed E-state index contributed by atoms with van der Waals surface area (Å²) < 4.78 is 5.45. The molecule has 0 spiro atoms. The summed E-state index contributed by atoms with van der Waals surface area (Å²) in [5, 5.41) is 5.21. The highest BCUT2D eigenvalue weighted by atomic mass is 16.3. The molecule has 1 aromatic carbocycles. The van der Waals surface area contributed by atoms with Gasteiger partial charge in [-0.2, -0.15) is 0 Å². The van der Waals surface area contributed by atoms with Crippen LogP contribution in [-0.4, -0.2) is 29.2 Å². The van der Waals surface area contributed by atoms with Crippen molar-refractivity contribution in [2.45, 2.75) is 39.3 Å². The van der Waals surface area contributed by atoms with Crippen LogP contribution in [0.5, 0.6) is 0 Å². The van der Waals surface area contributed by atoms with Gasteiger partial charge in [0.1, 0.15) is 11.5 Å². The number of aryl methyl sites for hydroxylation is 1. The molecule has 3 rings (SSSR count). The van der Waals surface area contributed by atoms with Crippen molar-refractivity contribution >= 4 is 23.4 Å². The lowest BCUT2D eigenvalue weighted by Crippen LogP contribution is -2.36. The Morgan fingerprint density at radius 1 is 1.22 bits per heavy atom. The zero-order chi connectivity index (χ0) is 19.4. The van der Waals surface area contributed by atoms with E-state index in [4.69, 9.17) is 4.42 Å². The van der Waals surface area contributed by atoms with Gasteiger partial charge in [0.2, 0.25) is 5.91 Å². The van der Waals surface area contributed by atoms with Gasteiger partial charge in [0.05, 0.1) is 6.04 Å². The number of nitrogens with zero attached hydrogens (tertiary/aromatic N) is 1. The smallest absolute Gasteiger partial charge is 0.313 e. The average molecular weight is 369 g/mol. The van der Waals surface area contributed by atoms with Crippen LogP contribution in [0.15, 0.2) is 40.8 Å². The van der Waals surface area contributed by atoms with Crippen LogP contribution in [0.3, 0.4) is 0 Å². The standard InChI is InChI=1S/C20H23N3O4/c1-13-8-9-17(27-13)14(2)21-19(25)20(26)22-16-6-3-5-15(11-16)12-23-10-4-7-18(23)24/h3,5-6,8-9,11,14H,4,7,10,12H2,1-2H3,(H,21,25)(H,22,26)/t14-/m0/s1. The minimum absolute atomic E-state index is 0.144. The minimum Gasteiger partial charge on any atom is -0.464 e. The fourth-order valence-corrected chi connectivity index (χ4v) is 3.05. The number of nitrogens with one attached hydrogen (secondary N) is 2. The fourth-order valence-electron chi connectivity index (χ4n) is 3.05. The zero-order valence-corrected chi connectivity index (χ0v) is 15.5. The van der Waals surface area contributed by atoms with E-state index in [-0.39, 0.29) is 5.91 Å². The lowest BCUT2D eigenvalue weighted by atomic mass is 10.2.